The maximum Gasteiger partial charge on any atom is 0.319 e. The van der Waals surface area contributed by atoms with Gasteiger partial charge in [-0.25, -0.2) is 4.79 Å². The zero-order valence-electron chi connectivity index (χ0n) is 19.1. The standard InChI is InChI=1S/C28H29N5O/c34-28(30-25-7-4-8-27-24(25)18-29-32-27)31-26-12-9-21-17-22(10-11-23(21)26)33-15-13-20(14-16-33)19-5-2-1-3-6-19/h1-8,10-11,17-18,20,26H,9,12-16H2,(H,29,32)(H2,30,31,34). The molecule has 2 amide bonds. The third-order valence-electron chi connectivity index (χ3n) is 7.37. The van der Waals surface area contributed by atoms with Crippen LogP contribution in [-0.2, 0) is 6.42 Å². The molecule has 0 saturated carbocycles. The molecule has 1 aliphatic heterocycles. The van der Waals surface area contributed by atoms with Gasteiger partial charge in [-0.15, -0.1) is 0 Å². The van der Waals surface area contributed by atoms with E-state index in [9.17, 15) is 4.79 Å². The fourth-order valence-corrected chi connectivity index (χ4v) is 5.54. The lowest BCUT2D eigenvalue weighted by Gasteiger charge is -2.34. The van der Waals surface area contributed by atoms with E-state index in [1.54, 1.807) is 6.20 Å². The number of amides is 2. The van der Waals surface area contributed by atoms with Crippen LogP contribution >= 0.6 is 0 Å². The number of hydrogen-bond donors (Lipinski definition) is 3. The Balaban J connectivity index is 1.09. The Morgan fingerprint density at radius 3 is 2.68 bits per heavy atom. The maximum absolute atomic E-state index is 12.7. The van der Waals surface area contributed by atoms with Gasteiger partial charge in [-0.1, -0.05) is 42.5 Å². The molecule has 1 aromatic heterocycles. The first kappa shape index (κ1) is 20.8. The Labute approximate surface area is 199 Å². The van der Waals surface area contributed by atoms with Crippen LogP contribution in [0.2, 0.25) is 0 Å². The van der Waals surface area contributed by atoms with Crippen LogP contribution in [0, 0.1) is 0 Å². The van der Waals surface area contributed by atoms with Gasteiger partial charge in [0.1, 0.15) is 0 Å². The highest BCUT2D eigenvalue weighted by molar-refractivity contribution is 6.00. The molecule has 4 aromatic rings. The summed E-state index contributed by atoms with van der Waals surface area (Å²) in [6.07, 6.45) is 6.04. The molecule has 34 heavy (non-hydrogen) atoms. The second-order valence-corrected chi connectivity index (χ2v) is 9.38. The van der Waals surface area contributed by atoms with Gasteiger partial charge in [0.15, 0.2) is 0 Å². The van der Waals surface area contributed by atoms with Gasteiger partial charge in [-0.2, -0.15) is 5.10 Å². The smallest absolute Gasteiger partial charge is 0.319 e. The van der Waals surface area contributed by atoms with Crippen LogP contribution in [-0.4, -0.2) is 29.3 Å². The van der Waals surface area contributed by atoms with Gasteiger partial charge in [0.25, 0.3) is 0 Å². The van der Waals surface area contributed by atoms with Gasteiger partial charge >= 0.3 is 6.03 Å². The second-order valence-electron chi connectivity index (χ2n) is 9.38. The van der Waals surface area contributed by atoms with Crippen LogP contribution in [0.25, 0.3) is 10.9 Å². The van der Waals surface area contributed by atoms with E-state index in [2.05, 4.69) is 74.3 Å². The molecule has 1 saturated heterocycles. The summed E-state index contributed by atoms with van der Waals surface area (Å²) in [5.74, 6) is 0.659. The molecule has 2 aliphatic rings. The van der Waals surface area contributed by atoms with Crippen molar-refractivity contribution in [3.8, 4) is 0 Å². The molecule has 1 atom stereocenters. The minimum absolute atomic E-state index is 0.0384. The zero-order chi connectivity index (χ0) is 22.9. The van der Waals surface area contributed by atoms with E-state index >= 15 is 0 Å². The average Bonchev–Trinajstić information content (AvgIpc) is 3.52. The van der Waals surface area contributed by atoms with Crippen LogP contribution in [0.4, 0.5) is 16.2 Å². The number of benzene rings is 3. The maximum atomic E-state index is 12.7. The summed E-state index contributed by atoms with van der Waals surface area (Å²) >= 11 is 0. The third kappa shape index (κ3) is 4.00. The van der Waals surface area contributed by atoms with Gasteiger partial charge in [-0.05, 0) is 72.6 Å². The molecule has 172 valence electrons. The summed E-state index contributed by atoms with van der Waals surface area (Å²) in [6.45, 7) is 2.17. The lowest BCUT2D eigenvalue weighted by atomic mass is 9.89. The number of aromatic nitrogens is 2. The largest absolute Gasteiger partial charge is 0.371 e. The Bertz CT molecular complexity index is 1310. The summed E-state index contributed by atoms with van der Waals surface area (Å²) in [5.41, 5.74) is 7.03. The van der Waals surface area contributed by atoms with Crippen LogP contribution in [0.15, 0.2) is 72.9 Å². The van der Waals surface area contributed by atoms with Crippen molar-refractivity contribution in [2.75, 3.05) is 23.3 Å². The molecule has 3 aromatic carbocycles. The van der Waals surface area contributed by atoms with Crippen molar-refractivity contribution < 1.29 is 4.79 Å². The van der Waals surface area contributed by atoms with Gasteiger partial charge in [0.05, 0.1) is 23.4 Å². The highest BCUT2D eigenvalue weighted by atomic mass is 16.2. The van der Waals surface area contributed by atoms with Crippen LogP contribution in [0.5, 0.6) is 0 Å². The van der Waals surface area contributed by atoms with Crippen LogP contribution in [0.3, 0.4) is 0 Å². The number of aryl methyl sites for hydroxylation is 1. The first-order valence-corrected chi connectivity index (χ1v) is 12.2. The third-order valence-corrected chi connectivity index (χ3v) is 7.37. The molecule has 1 unspecified atom stereocenters. The highest BCUT2D eigenvalue weighted by Crippen LogP contribution is 2.36. The number of nitrogens with one attached hydrogen (secondary N) is 3. The number of anilines is 2. The van der Waals surface area contributed by atoms with E-state index in [-0.39, 0.29) is 12.1 Å². The Hall–Kier alpha value is -3.80. The molecule has 6 heteroatoms. The van der Waals surface area contributed by atoms with Crippen molar-refractivity contribution in [3.63, 3.8) is 0 Å². The molecule has 6 nitrogen and oxygen atoms in total. The molecule has 0 radical (unpaired) electrons. The fourth-order valence-electron chi connectivity index (χ4n) is 5.54. The minimum atomic E-state index is -0.182. The molecule has 1 fully saturated rings. The lowest BCUT2D eigenvalue weighted by molar-refractivity contribution is 0.248. The number of aromatic amines is 1. The lowest BCUT2D eigenvalue weighted by Crippen LogP contribution is -2.33. The summed E-state index contributed by atoms with van der Waals surface area (Å²) in [7, 11) is 0. The molecule has 0 spiro atoms. The van der Waals surface area contributed by atoms with E-state index in [0.717, 1.165) is 42.5 Å². The van der Waals surface area contributed by atoms with E-state index < -0.39 is 0 Å². The molecule has 2 heterocycles. The first-order valence-electron chi connectivity index (χ1n) is 12.2. The number of fused-ring (bicyclic) bond motifs is 2. The Kier molecular flexibility index (Phi) is 5.41. The van der Waals surface area contributed by atoms with Crippen LogP contribution in [0.1, 0.15) is 47.9 Å². The monoisotopic (exact) mass is 451 g/mol. The van der Waals surface area contributed by atoms with E-state index in [1.807, 2.05) is 18.2 Å². The predicted molar refractivity (Wildman–Crippen MR) is 136 cm³/mol. The summed E-state index contributed by atoms with van der Waals surface area (Å²) in [5, 5.41) is 14.1. The topological polar surface area (TPSA) is 73.0 Å². The number of carbonyl (C=O) groups excluding carboxylic acids is 1. The number of carbonyl (C=O) groups is 1. The number of hydrogen-bond acceptors (Lipinski definition) is 3. The quantitative estimate of drug-likeness (QED) is 0.370. The van der Waals surface area contributed by atoms with Crippen molar-refractivity contribution in [1.29, 1.82) is 0 Å². The first-order chi connectivity index (χ1) is 16.7. The summed E-state index contributed by atoms with van der Waals surface area (Å²) in [6, 6.07) is 23.3. The van der Waals surface area contributed by atoms with Gasteiger partial charge < -0.3 is 15.5 Å². The van der Waals surface area contributed by atoms with Gasteiger partial charge in [0, 0.05) is 24.2 Å². The molecule has 3 N–H and O–H groups in total. The Morgan fingerprint density at radius 1 is 0.971 bits per heavy atom. The van der Waals surface area contributed by atoms with Crippen molar-refractivity contribution in [2.24, 2.45) is 0 Å². The fraction of sp³-hybridized carbons (Fsp3) is 0.286. The van der Waals surface area contributed by atoms with E-state index in [4.69, 9.17) is 0 Å². The predicted octanol–water partition coefficient (Wildman–Crippen LogP) is 5.76. The Morgan fingerprint density at radius 2 is 1.82 bits per heavy atom. The number of H-pyrrole nitrogens is 1. The van der Waals surface area contributed by atoms with Gasteiger partial charge in [-0.3, -0.25) is 5.10 Å². The molecular weight excluding hydrogens is 422 g/mol. The second kappa shape index (κ2) is 8.86. The van der Waals surface area contributed by atoms with E-state index in [0.29, 0.717) is 5.92 Å². The highest BCUT2D eigenvalue weighted by Gasteiger charge is 2.26. The van der Waals surface area contributed by atoms with E-state index in [1.165, 1.54) is 35.2 Å². The number of nitrogens with zero attached hydrogens (tertiary/aromatic N) is 2. The molecular formula is C28H29N5O. The molecule has 6 rings (SSSR count). The summed E-state index contributed by atoms with van der Waals surface area (Å²) < 4.78 is 0. The number of urea groups is 1. The SMILES string of the molecule is O=C(Nc1cccc2[nH]ncc12)NC1CCc2cc(N3CCC(c4ccccc4)CC3)ccc21. The zero-order valence-corrected chi connectivity index (χ0v) is 19.1. The normalized spacial score (nSPS) is 18.1. The van der Waals surface area contributed by atoms with Crippen LogP contribution < -0.4 is 15.5 Å². The van der Waals surface area contributed by atoms with Crippen molar-refractivity contribution in [3.05, 3.63) is 89.6 Å². The minimum Gasteiger partial charge on any atom is -0.371 e. The van der Waals surface area contributed by atoms with Gasteiger partial charge in [0.2, 0.25) is 0 Å². The van der Waals surface area contributed by atoms with Crippen molar-refractivity contribution in [1.82, 2.24) is 15.5 Å². The van der Waals surface area contributed by atoms with Crippen molar-refractivity contribution in [2.45, 2.75) is 37.6 Å². The number of rotatable bonds is 4. The molecule has 0 bridgehead atoms. The molecule has 1 aliphatic carbocycles. The van der Waals surface area contributed by atoms with Crippen molar-refractivity contribution >= 4 is 28.3 Å². The number of piperidine rings is 1. The summed E-state index contributed by atoms with van der Waals surface area (Å²) in [4.78, 5) is 15.3. The average molecular weight is 452 g/mol.